The standard InChI is InChI=1S/C16H29ClO10/c1-2-7-9(19)10(20)12(22)16(25-7)27-14-8(6-18)26-15(13(23)11(14)21)24-5-3-4-17/h7-16,18-23H,2-6H2,1H3. The van der Waals surface area contributed by atoms with Gasteiger partial charge in [0, 0.05) is 5.88 Å². The summed E-state index contributed by atoms with van der Waals surface area (Å²) in [6.45, 7) is 1.35. The van der Waals surface area contributed by atoms with Crippen LogP contribution in [0.4, 0.5) is 0 Å². The lowest BCUT2D eigenvalue weighted by molar-refractivity contribution is -0.357. The number of alkyl halides is 1. The van der Waals surface area contributed by atoms with Crippen molar-refractivity contribution < 1.29 is 49.6 Å². The minimum atomic E-state index is -1.59. The predicted octanol–water partition coefficient (Wildman–Crippen LogP) is -2.33. The van der Waals surface area contributed by atoms with Gasteiger partial charge in [0.15, 0.2) is 12.6 Å². The van der Waals surface area contributed by atoms with Crippen molar-refractivity contribution in [3.63, 3.8) is 0 Å². The Bertz CT molecular complexity index is 439. The Labute approximate surface area is 162 Å². The smallest absolute Gasteiger partial charge is 0.187 e. The molecule has 27 heavy (non-hydrogen) atoms. The molecule has 2 fully saturated rings. The number of halogens is 1. The number of ether oxygens (including phenoxy) is 4. The first-order valence-corrected chi connectivity index (χ1v) is 9.54. The SMILES string of the molecule is CCC1OC(OC2C(CO)OC(OCCCCl)C(O)C2O)C(O)C(O)C1O. The van der Waals surface area contributed by atoms with Crippen molar-refractivity contribution in [2.24, 2.45) is 0 Å². The van der Waals surface area contributed by atoms with Crippen LogP contribution in [0.1, 0.15) is 19.8 Å². The lowest BCUT2D eigenvalue weighted by Crippen LogP contribution is -2.64. The van der Waals surface area contributed by atoms with Gasteiger partial charge in [-0.05, 0) is 12.8 Å². The minimum Gasteiger partial charge on any atom is -0.394 e. The summed E-state index contributed by atoms with van der Waals surface area (Å²) in [7, 11) is 0. The van der Waals surface area contributed by atoms with Gasteiger partial charge >= 0.3 is 0 Å². The lowest BCUT2D eigenvalue weighted by atomic mass is 9.96. The molecule has 0 saturated carbocycles. The monoisotopic (exact) mass is 416 g/mol. The van der Waals surface area contributed by atoms with Crippen LogP contribution in [0, 0.1) is 0 Å². The van der Waals surface area contributed by atoms with E-state index in [-0.39, 0.29) is 6.61 Å². The van der Waals surface area contributed by atoms with Crippen LogP contribution in [0.3, 0.4) is 0 Å². The number of aliphatic hydroxyl groups excluding tert-OH is 6. The van der Waals surface area contributed by atoms with E-state index in [0.29, 0.717) is 18.7 Å². The van der Waals surface area contributed by atoms with Gasteiger partial charge in [-0.15, -0.1) is 11.6 Å². The summed E-state index contributed by atoms with van der Waals surface area (Å²) in [6.07, 6.45) is -12.3. The van der Waals surface area contributed by atoms with Crippen molar-refractivity contribution in [3.8, 4) is 0 Å². The molecule has 0 spiro atoms. The molecule has 2 saturated heterocycles. The van der Waals surface area contributed by atoms with Crippen LogP contribution in [0.25, 0.3) is 0 Å². The highest BCUT2D eigenvalue weighted by molar-refractivity contribution is 6.17. The zero-order valence-corrected chi connectivity index (χ0v) is 15.8. The third-order valence-corrected chi connectivity index (χ3v) is 5.01. The average molecular weight is 417 g/mol. The fourth-order valence-corrected chi connectivity index (χ4v) is 3.24. The van der Waals surface area contributed by atoms with Gasteiger partial charge in [-0.2, -0.15) is 0 Å². The zero-order chi connectivity index (χ0) is 20.1. The summed E-state index contributed by atoms with van der Waals surface area (Å²) < 4.78 is 21.8. The molecular formula is C16H29ClO10. The maximum atomic E-state index is 10.4. The molecule has 10 unspecified atom stereocenters. The highest BCUT2D eigenvalue weighted by atomic mass is 35.5. The fourth-order valence-electron chi connectivity index (χ4n) is 3.13. The minimum absolute atomic E-state index is 0.189. The molecule has 0 aromatic heterocycles. The maximum absolute atomic E-state index is 10.4. The van der Waals surface area contributed by atoms with Gasteiger partial charge < -0.3 is 49.6 Å². The summed E-state index contributed by atoms with van der Waals surface area (Å²) in [5, 5.41) is 60.2. The highest BCUT2D eigenvalue weighted by Gasteiger charge is 2.50. The van der Waals surface area contributed by atoms with Crippen molar-refractivity contribution in [1.82, 2.24) is 0 Å². The number of hydrogen-bond acceptors (Lipinski definition) is 10. The fraction of sp³-hybridized carbons (Fsp3) is 1.00. The van der Waals surface area contributed by atoms with Crippen LogP contribution < -0.4 is 0 Å². The van der Waals surface area contributed by atoms with Gasteiger partial charge in [0.05, 0.1) is 19.3 Å². The van der Waals surface area contributed by atoms with Crippen LogP contribution in [0.15, 0.2) is 0 Å². The summed E-state index contributed by atoms with van der Waals surface area (Å²) in [5.74, 6) is 0.351. The van der Waals surface area contributed by atoms with Crippen molar-refractivity contribution in [3.05, 3.63) is 0 Å². The second-order valence-electron chi connectivity index (χ2n) is 6.64. The van der Waals surface area contributed by atoms with Crippen molar-refractivity contribution >= 4 is 11.6 Å². The van der Waals surface area contributed by atoms with Gasteiger partial charge in [0.25, 0.3) is 0 Å². The summed E-state index contributed by atoms with van der Waals surface area (Å²) in [5.41, 5.74) is 0. The zero-order valence-electron chi connectivity index (χ0n) is 15.0. The molecule has 0 aromatic carbocycles. The third kappa shape index (κ3) is 5.28. The topological polar surface area (TPSA) is 158 Å². The molecule has 2 aliphatic heterocycles. The van der Waals surface area contributed by atoms with E-state index in [4.69, 9.17) is 30.5 Å². The van der Waals surface area contributed by atoms with E-state index in [1.807, 2.05) is 0 Å². The van der Waals surface area contributed by atoms with Crippen LogP contribution >= 0.6 is 11.6 Å². The number of aliphatic hydroxyl groups is 6. The third-order valence-electron chi connectivity index (χ3n) is 4.74. The average Bonchev–Trinajstić information content (AvgIpc) is 2.67. The van der Waals surface area contributed by atoms with E-state index in [1.54, 1.807) is 6.92 Å². The molecule has 11 heteroatoms. The molecule has 10 atom stereocenters. The Hall–Kier alpha value is -0.110. The maximum Gasteiger partial charge on any atom is 0.187 e. The normalized spacial score (nSPS) is 45.8. The molecule has 0 aliphatic carbocycles. The molecule has 6 N–H and O–H groups in total. The Morgan fingerprint density at radius 1 is 0.852 bits per heavy atom. The van der Waals surface area contributed by atoms with Gasteiger partial charge in [-0.1, -0.05) is 6.92 Å². The summed E-state index contributed by atoms with van der Waals surface area (Å²) in [6, 6.07) is 0. The van der Waals surface area contributed by atoms with Crippen molar-refractivity contribution in [1.29, 1.82) is 0 Å². The van der Waals surface area contributed by atoms with Crippen molar-refractivity contribution in [2.75, 3.05) is 19.1 Å². The summed E-state index contributed by atoms with van der Waals surface area (Å²) in [4.78, 5) is 0. The van der Waals surface area contributed by atoms with Gasteiger partial charge in [0.1, 0.15) is 42.7 Å². The quantitative estimate of drug-likeness (QED) is 0.187. The highest BCUT2D eigenvalue weighted by Crippen LogP contribution is 2.30. The van der Waals surface area contributed by atoms with E-state index < -0.39 is 68.0 Å². The predicted molar refractivity (Wildman–Crippen MR) is 90.9 cm³/mol. The van der Waals surface area contributed by atoms with E-state index in [2.05, 4.69) is 0 Å². The first-order chi connectivity index (χ1) is 12.8. The lowest BCUT2D eigenvalue weighted by Gasteiger charge is -2.46. The van der Waals surface area contributed by atoms with E-state index in [9.17, 15) is 30.6 Å². The largest absolute Gasteiger partial charge is 0.394 e. The molecular weight excluding hydrogens is 388 g/mol. The molecule has 2 rings (SSSR count). The molecule has 160 valence electrons. The van der Waals surface area contributed by atoms with E-state index >= 15 is 0 Å². The molecule has 0 radical (unpaired) electrons. The number of rotatable bonds is 8. The first-order valence-electron chi connectivity index (χ1n) is 9.00. The Morgan fingerprint density at radius 2 is 1.48 bits per heavy atom. The van der Waals surface area contributed by atoms with Gasteiger partial charge in [0.2, 0.25) is 0 Å². The van der Waals surface area contributed by atoms with E-state index in [0.717, 1.165) is 0 Å². The Kier molecular flexibility index (Phi) is 9.10. The second-order valence-corrected chi connectivity index (χ2v) is 7.02. The molecule has 10 nitrogen and oxygen atoms in total. The molecule has 2 aliphatic rings. The van der Waals surface area contributed by atoms with Crippen LogP contribution in [0.2, 0.25) is 0 Å². The Morgan fingerprint density at radius 3 is 2.07 bits per heavy atom. The van der Waals surface area contributed by atoms with Crippen LogP contribution in [-0.4, -0.2) is 111 Å². The first kappa shape index (κ1) is 23.2. The number of hydrogen-bond donors (Lipinski definition) is 6. The molecule has 0 aromatic rings. The second kappa shape index (κ2) is 10.6. The van der Waals surface area contributed by atoms with Gasteiger partial charge in [-0.25, -0.2) is 0 Å². The van der Waals surface area contributed by atoms with Crippen LogP contribution in [0.5, 0.6) is 0 Å². The Balaban J connectivity index is 2.06. The van der Waals surface area contributed by atoms with Crippen molar-refractivity contribution in [2.45, 2.75) is 81.2 Å². The van der Waals surface area contributed by atoms with Gasteiger partial charge in [-0.3, -0.25) is 0 Å². The summed E-state index contributed by atoms with van der Waals surface area (Å²) >= 11 is 5.56. The molecule has 0 amide bonds. The van der Waals surface area contributed by atoms with E-state index in [1.165, 1.54) is 0 Å². The van der Waals surface area contributed by atoms with Crippen LogP contribution in [-0.2, 0) is 18.9 Å². The molecule has 0 bridgehead atoms. The molecule has 2 heterocycles.